The molecule has 1 saturated heterocycles. The summed E-state index contributed by atoms with van der Waals surface area (Å²) in [5.74, 6) is 1.11. The molecular weight excluding hydrogens is 298 g/mol. The van der Waals surface area contributed by atoms with E-state index < -0.39 is 0 Å². The lowest BCUT2D eigenvalue weighted by molar-refractivity contribution is -0.128. The SMILES string of the molecule is CC(=O)N1CCCN(c2ccc3ccc(Cl)c(C)c3n2)CC1. The van der Waals surface area contributed by atoms with E-state index in [2.05, 4.69) is 17.0 Å². The lowest BCUT2D eigenvalue weighted by Gasteiger charge is -2.22. The van der Waals surface area contributed by atoms with Crippen LogP contribution in [0.4, 0.5) is 5.82 Å². The van der Waals surface area contributed by atoms with Gasteiger partial charge in [0, 0.05) is 43.5 Å². The Morgan fingerprint density at radius 1 is 1.14 bits per heavy atom. The Kier molecular flexibility index (Phi) is 4.21. The minimum atomic E-state index is 0.149. The minimum Gasteiger partial charge on any atom is -0.355 e. The molecule has 1 fully saturated rings. The minimum absolute atomic E-state index is 0.149. The first kappa shape index (κ1) is 15.1. The number of hydrogen-bond donors (Lipinski definition) is 0. The van der Waals surface area contributed by atoms with E-state index >= 15 is 0 Å². The molecule has 1 aromatic heterocycles. The number of nitrogens with zero attached hydrogens (tertiary/aromatic N) is 3. The lowest BCUT2D eigenvalue weighted by Crippen LogP contribution is -2.33. The van der Waals surface area contributed by atoms with Gasteiger partial charge < -0.3 is 9.80 Å². The molecule has 22 heavy (non-hydrogen) atoms. The van der Waals surface area contributed by atoms with Gasteiger partial charge in [-0.05, 0) is 37.1 Å². The van der Waals surface area contributed by atoms with Gasteiger partial charge >= 0.3 is 0 Å². The van der Waals surface area contributed by atoms with Crippen molar-refractivity contribution in [2.45, 2.75) is 20.3 Å². The van der Waals surface area contributed by atoms with E-state index in [0.29, 0.717) is 0 Å². The first-order valence-corrected chi connectivity index (χ1v) is 8.00. The Bertz CT molecular complexity index is 716. The zero-order valence-electron chi connectivity index (χ0n) is 13.0. The van der Waals surface area contributed by atoms with Crippen LogP contribution in [-0.2, 0) is 4.79 Å². The summed E-state index contributed by atoms with van der Waals surface area (Å²) in [4.78, 5) is 20.5. The third-order valence-corrected chi connectivity index (χ3v) is 4.71. The number of carbonyl (C=O) groups excluding carboxylic acids is 1. The predicted octanol–water partition coefficient (Wildman–Crippen LogP) is 3.26. The van der Waals surface area contributed by atoms with Crippen molar-refractivity contribution in [2.24, 2.45) is 0 Å². The van der Waals surface area contributed by atoms with Crippen LogP contribution in [0, 0.1) is 6.92 Å². The molecule has 1 aromatic carbocycles. The molecule has 0 spiro atoms. The first-order chi connectivity index (χ1) is 10.6. The van der Waals surface area contributed by atoms with E-state index in [4.69, 9.17) is 16.6 Å². The van der Waals surface area contributed by atoms with Crippen molar-refractivity contribution in [2.75, 3.05) is 31.1 Å². The monoisotopic (exact) mass is 317 g/mol. The summed E-state index contributed by atoms with van der Waals surface area (Å²) in [5, 5.41) is 1.85. The summed E-state index contributed by atoms with van der Waals surface area (Å²) in [5.41, 5.74) is 1.97. The molecule has 3 rings (SSSR count). The van der Waals surface area contributed by atoms with Crippen LogP contribution in [0.2, 0.25) is 5.02 Å². The van der Waals surface area contributed by atoms with Crippen LogP contribution in [0.25, 0.3) is 10.9 Å². The number of carbonyl (C=O) groups is 1. The van der Waals surface area contributed by atoms with E-state index in [1.165, 1.54) is 0 Å². The highest BCUT2D eigenvalue weighted by Gasteiger charge is 2.18. The molecule has 0 unspecified atom stereocenters. The molecule has 1 aliphatic rings. The van der Waals surface area contributed by atoms with Crippen LogP contribution in [0.3, 0.4) is 0 Å². The average Bonchev–Trinajstić information content (AvgIpc) is 2.77. The number of amides is 1. The van der Waals surface area contributed by atoms with Crippen LogP contribution in [-0.4, -0.2) is 42.0 Å². The second-order valence-electron chi connectivity index (χ2n) is 5.76. The average molecular weight is 318 g/mol. The van der Waals surface area contributed by atoms with Crippen molar-refractivity contribution in [1.82, 2.24) is 9.88 Å². The Labute approximate surface area is 135 Å². The molecule has 0 saturated carbocycles. The Morgan fingerprint density at radius 2 is 1.91 bits per heavy atom. The number of hydrogen-bond acceptors (Lipinski definition) is 3. The molecule has 5 heteroatoms. The lowest BCUT2D eigenvalue weighted by atomic mass is 10.1. The highest BCUT2D eigenvalue weighted by molar-refractivity contribution is 6.32. The Morgan fingerprint density at radius 3 is 2.68 bits per heavy atom. The standard InChI is InChI=1S/C17H20ClN3O/c1-12-15(18)6-4-14-5-7-16(19-17(12)14)21-9-3-8-20(10-11-21)13(2)22/h4-7H,3,8-11H2,1-2H3. The number of aromatic nitrogens is 1. The summed E-state index contributed by atoms with van der Waals surface area (Å²) in [6.45, 7) is 6.95. The third-order valence-electron chi connectivity index (χ3n) is 4.30. The molecule has 0 radical (unpaired) electrons. The summed E-state index contributed by atoms with van der Waals surface area (Å²) in [7, 11) is 0. The fourth-order valence-electron chi connectivity index (χ4n) is 2.93. The van der Waals surface area contributed by atoms with Crippen LogP contribution in [0.1, 0.15) is 18.9 Å². The van der Waals surface area contributed by atoms with Gasteiger partial charge in [-0.2, -0.15) is 0 Å². The summed E-state index contributed by atoms with van der Waals surface area (Å²) < 4.78 is 0. The molecule has 0 atom stereocenters. The summed E-state index contributed by atoms with van der Waals surface area (Å²) >= 11 is 6.21. The van der Waals surface area contributed by atoms with E-state index in [1.54, 1.807) is 6.92 Å². The van der Waals surface area contributed by atoms with Crippen molar-refractivity contribution in [3.05, 3.63) is 34.9 Å². The van der Waals surface area contributed by atoms with Gasteiger partial charge in [0.15, 0.2) is 0 Å². The highest BCUT2D eigenvalue weighted by Crippen LogP contribution is 2.26. The van der Waals surface area contributed by atoms with E-state index in [9.17, 15) is 4.79 Å². The van der Waals surface area contributed by atoms with Crippen LogP contribution in [0.15, 0.2) is 24.3 Å². The van der Waals surface area contributed by atoms with Crippen molar-refractivity contribution in [3.8, 4) is 0 Å². The number of aryl methyl sites for hydroxylation is 1. The van der Waals surface area contributed by atoms with E-state index in [-0.39, 0.29) is 5.91 Å². The number of halogens is 1. The third kappa shape index (κ3) is 2.88. The fourth-order valence-corrected chi connectivity index (χ4v) is 3.09. The molecule has 4 nitrogen and oxygen atoms in total. The second kappa shape index (κ2) is 6.13. The van der Waals surface area contributed by atoms with Crippen LogP contribution in [0.5, 0.6) is 0 Å². The quantitative estimate of drug-likeness (QED) is 0.810. The van der Waals surface area contributed by atoms with E-state index in [1.807, 2.05) is 24.0 Å². The molecule has 1 amide bonds. The highest BCUT2D eigenvalue weighted by atomic mass is 35.5. The van der Waals surface area contributed by atoms with Crippen LogP contribution < -0.4 is 4.90 Å². The summed E-state index contributed by atoms with van der Waals surface area (Å²) in [6, 6.07) is 8.06. The summed E-state index contributed by atoms with van der Waals surface area (Å²) in [6.07, 6.45) is 0.966. The number of rotatable bonds is 1. The zero-order chi connectivity index (χ0) is 15.7. The molecule has 116 valence electrons. The molecule has 0 aliphatic carbocycles. The van der Waals surface area contributed by atoms with Gasteiger partial charge in [0.1, 0.15) is 5.82 Å². The van der Waals surface area contributed by atoms with Gasteiger partial charge in [0.2, 0.25) is 5.91 Å². The Hall–Kier alpha value is -1.81. The maximum Gasteiger partial charge on any atom is 0.219 e. The maximum absolute atomic E-state index is 11.5. The largest absolute Gasteiger partial charge is 0.355 e. The smallest absolute Gasteiger partial charge is 0.219 e. The van der Waals surface area contributed by atoms with Crippen LogP contribution >= 0.6 is 11.6 Å². The topological polar surface area (TPSA) is 36.4 Å². The zero-order valence-corrected chi connectivity index (χ0v) is 13.7. The van der Waals surface area contributed by atoms with E-state index in [0.717, 1.165) is 59.9 Å². The Balaban J connectivity index is 1.90. The molecule has 2 heterocycles. The molecule has 0 bridgehead atoms. The second-order valence-corrected chi connectivity index (χ2v) is 6.17. The molecule has 2 aromatic rings. The van der Waals surface area contributed by atoms with Crippen molar-refractivity contribution in [1.29, 1.82) is 0 Å². The van der Waals surface area contributed by atoms with Gasteiger partial charge in [0.25, 0.3) is 0 Å². The van der Waals surface area contributed by atoms with Gasteiger partial charge in [-0.15, -0.1) is 0 Å². The number of pyridine rings is 1. The maximum atomic E-state index is 11.5. The van der Waals surface area contributed by atoms with Gasteiger partial charge in [-0.25, -0.2) is 4.98 Å². The van der Waals surface area contributed by atoms with Gasteiger partial charge in [-0.1, -0.05) is 17.7 Å². The molecule has 1 aliphatic heterocycles. The van der Waals surface area contributed by atoms with Gasteiger partial charge in [-0.3, -0.25) is 4.79 Å². The molecular formula is C17H20ClN3O. The number of anilines is 1. The van der Waals surface area contributed by atoms with Crippen molar-refractivity contribution >= 4 is 34.2 Å². The molecule has 0 N–H and O–H groups in total. The fraction of sp³-hybridized carbons (Fsp3) is 0.412. The normalized spacial score (nSPS) is 16.0. The van der Waals surface area contributed by atoms with Gasteiger partial charge in [0.05, 0.1) is 5.52 Å². The predicted molar refractivity (Wildman–Crippen MR) is 90.6 cm³/mol. The number of benzene rings is 1. The first-order valence-electron chi connectivity index (χ1n) is 7.62. The number of fused-ring (bicyclic) bond motifs is 1. The van der Waals surface area contributed by atoms with Crippen molar-refractivity contribution < 1.29 is 4.79 Å². The van der Waals surface area contributed by atoms with Crippen molar-refractivity contribution in [3.63, 3.8) is 0 Å².